The second-order valence-corrected chi connectivity index (χ2v) is 7.14. The molecule has 2 aromatic rings. The predicted octanol–water partition coefficient (Wildman–Crippen LogP) is 2.18. The van der Waals surface area contributed by atoms with Gasteiger partial charge in [-0.05, 0) is 56.5 Å². The second kappa shape index (κ2) is 8.01. The minimum atomic E-state index is -0.489. The fourth-order valence-corrected chi connectivity index (χ4v) is 4.24. The van der Waals surface area contributed by atoms with Crippen LogP contribution < -0.4 is 10.1 Å². The van der Waals surface area contributed by atoms with E-state index in [0.717, 1.165) is 31.8 Å². The van der Waals surface area contributed by atoms with Gasteiger partial charge < -0.3 is 15.2 Å². The molecule has 2 N–H and O–H groups in total. The lowest BCUT2D eigenvalue weighted by molar-refractivity contribution is 0.0123. The summed E-state index contributed by atoms with van der Waals surface area (Å²) in [6.45, 7) is 2.84. The average molecular weight is 354 g/mol. The van der Waals surface area contributed by atoms with Crippen LogP contribution in [0, 0.1) is 5.92 Å². The van der Waals surface area contributed by atoms with Crippen LogP contribution in [0.15, 0.2) is 48.8 Å². The van der Waals surface area contributed by atoms with Crippen LogP contribution in [0.25, 0.3) is 0 Å². The Morgan fingerprint density at radius 2 is 1.81 bits per heavy atom. The first-order chi connectivity index (χ1) is 12.8. The summed E-state index contributed by atoms with van der Waals surface area (Å²) < 4.78 is 6.12. The number of aliphatic hydroxyl groups is 1. The lowest BCUT2D eigenvalue weighted by Crippen LogP contribution is -2.46. The number of para-hydroxylation sites is 1. The minimum absolute atomic E-state index is 0.113. The highest BCUT2D eigenvalue weighted by molar-refractivity contribution is 5.24. The molecule has 0 bridgehead atoms. The fraction of sp³-hybridized carbons (Fsp3) is 0.500. The third-order valence-corrected chi connectivity index (χ3v) is 5.43. The zero-order valence-corrected chi connectivity index (χ0v) is 14.9. The average Bonchev–Trinajstić information content (AvgIpc) is 3.30. The number of aromatic nitrogens is 2. The molecule has 2 fully saturated rings. The number of aliphatic hydroxyl groups excluding tert-OH is 1. The summed E-state index contributed by atoms with van der Waals surface area (Å²) in [6, 6.07) is 11.7. The molecule has 1 saturated heterocycles. The largest absolute Gasteiger partial charge is 0.488 e. The molecule has 0 unspecified atom stereocenters. The maximum absolute atomic E-state index is 11.0. The van der Waals surface area contributed by atoms with E-state index in [0.29, 0.717) is 11.9 Å². The zero-order chi connectivity index (χ0) is 17.8. The second-order valence-electron chi connectivity index (χ2n) is 7.14. The summed E-state index contributed by atoms with van der Waals surface area (Å²) in [6.07, 6.45) is 6.01. The summed E-state index contributed by atoms with van der Waals surface area (Å²) in [7, 11) is 0. The molecule has 1 saturated carbocycles. The molecule has 138 valence electrons. The van der Waals surface area contributed by atoms with Gasteiger partial charge in [-0.25, -0.2) is 9.97 Å². The molecule has 4 atom stereocenters. The number of likely N-dealkylation sites (tertiary alicyclic amines) is 1. The van der Waals surface area contributed by atoms with Crippen molar-refractivity contribution in [3.8, 4) is 5.75 Å². The van der Waals surface area contributed by atoms with Gasteiger partial charge in [0.05, 0.1) is 0 Å². The van der Waals surface area contributed by atoms with E-state index in [2.05, 4.69) is 20.2 Å². The van der Waals surface area contributed by atoms with Gasteiger partial charge in [0, 0.05) is 25.0 Å². The topological polar surface area (TPSA) is 70.5 Å². The van der Waals surface area contributed by atoms with E-state index < -0.39 is 6.10 Å². The van der Waals surface area contributed by atoms with Crippen LogP contribution in [-0.4, -0.2) is 57.9 Å². The monoisotopic (exact) mass is 354 g/mol. The Labute approximate surface area is 154 Å². The van der Waals surface area contributed by atoms with Crippen molar-refractivity contribution in [2.45, 2.75) is 37.5 Å². The van der Waals surface area contributed by atoms with Gasteiger partial charge in [-0.2, -0.15) is 0 Å². The lowest BCUT2D eigenvalue weighted by Gasteiger charge is -2.31. The van der Waals surface area contributed by atoms with Gasteiger partial charge in [0.25, 0.3) is 0 Å². The van der Waals surface area contributed by atoms with E-state index in [1.807, 2.05) is 30.3 Å². The summed E-state index contributed by atoms with van der Waals surface area (Å²) >= 11 is 0. The number of ether oxygens (including phenoxy) is 1. The van der Waals surface area contributed by atoms with E-state index >= 15 is 0 Å². The van der Waals surface area contributed by atoms with Crippen molar-refractivity contribution in [2.75, 3.05) is 25.0 Å². The highest BCUT2D eigenvalue weighted by atomic mass is 16.5. The third-order valence-electron chi connectivity index (χ3n) is 5.43. The van der Waals surface area contributed by atoms with Crippen LogP contribution in [0.2, 0.25) is 0 Å². The Morgan fingerprint density at radius 3 is 2.54 bits per heavy atom. The van der Waals surface area contributed by atoms with Crippen molar-refractivity contribution in [1.29, 1.82) is 0 Å². The highest BCUT2D eigenvalue weighted by Crippen LogP contribution is 2.35. The Hall–Kier alpha value is -2.18. The molecular formula is C20H26N4O2. The zero-order valence-electron chi connectivity index (χ0n) is 14.9. The Balaban J connectivity index is 1.46. The van der Waals surface area contributed by atoms with E-state index in [4.69, 9.17) is 4.74 Å². The maximum atomic E-state index is 11.0. The van der Waals surface area contributed by atoms with Crippen molar-refractivity contribution in [1.82, 2.24) is 14.9 Å². The fourth-order valence-electron chi connectivity index (χ4n) is 4.24. The van der Waals surface area contributed by atoms with Crippen molar-refractivity contribution < 1.29 is 9.84 Å². The van der Waals surface area contributed by atoms with Crippen molar-refractivity contribution in [2.24, 2.45) is 5.92 Å². The molecule has 1 aliphatic carbocycles. The molecule has 4 rings (SSSR count). The molecule has 2 heterocycles. The van der Waals surface area contributed by atoms with Gasteiger partial charge in [0.2, 0.25) is 5.95 Å². The van der Waals surface area contributed by atoms with Crippen LogP contribution in [0.4, 0.5) is 5.95 Å². The van der Waals surface area contributed by atoms with Gasteiger partial charge in [-0.3, -0.25) is 4.90 Å². The number of benzene rings is 1. The van der Waals surface area contributed by atoms with Gasteiger partial charge in [0.1, 0.15) is 18.0 Å². The lowest BCUT2D eigenvalue weighted by atomic mass is 10.0. The van der Waals surface area contributed by atoms with Gasteiger partial charge in [0.15, 0.2) is 0 Å². The third kappa shape index (κ3) is 3.81. The number of nitrogens with zero attached hydrogens (tertiary/aromatic N) is 3. The molecule has 0 amide bonds. The molecule has 26 heavy (non-hydrogen) atoms. The number of anilines is 1. The van der Waals surface area contributed by atoms with Gasteiger partial charge >= 0.3 is 0 Å². The van der Waals surface area contributed by atoms with E-state index in [1.54, 1.807) is 18.5 Å². The molecule has 2 aliphatic rings. The van der Waals surface area contributed by atoms with Gasteiger partial charge in [-0.1, -0.05) is 18.2 Å². The minimum Gasteiger partial charge on any atom is -0.488 e. The predicted molar refractivity (Wildman–Crippen MR) is 100 cm³/mol. The first kappa shape index (κ1) is 17.2. The summed E-state index contributed by atoms with van der Waals surface area (Å²) in [5, 5.41) is 14.3. The molecule has 6 nitrogen and oxygen atoms in total. The van der Waals surface area contributed by atoms with Crippen LogP contribution >= 0.6 is 0 Å². The van der Waals surface area contributed by atoms with E-state index in [1.165, 1.54) is 12.8 Å². The number of hydrogen-bond acceptors (Lipinski definition) is 6. The smallest absolute Gasteiger partial charge is 0.222 e. The molecule has 0 radical (unpaired) electrons. The molecule has 6 heteroatoms. The number of rotatable bonds is 6. The van der Waals surface area contributed by atoms with Crippen LogP contribution in [-0.2, 0) is 0 Å². The highest BCUT2D eigenvalue weighted by Gasteiger charge is 2.47. The van der Waals surface area contributed by atoms with E-state index in [9.17, 15) is 5.11 Å². The Kier molecular flexibility index (Phi) is 5.32. The van der Waals surface area contributed by atoms with Crippen LogP contribution in [0.5, 0.6) is 5.75 Å². The molecular weight excluding hydrogens is 328 g/mol. The normalized spacial score (nSPS) is 29.0. The van der Waals surface area contributed by atoms with Gasteiger partial charge in [-0.15, -0.1) is 0 Å². The number of nitrogens with one attached hydrogen (secondary N) is 1. The molecule has 1 aromatic carbocycles. The first-order valence-electron chi connectivity index (χ1n) is 9.46. The van der Waals surface area contributed by atoms with Crippen molar-refractivity contribution in [3.05, 3.63) is 48.8 Å². The summed E-state index contributed by atoms with van der Waals surface area (Å²) in [5.74, 6) is 1.74. The summed E-state index contributed by atoms with van der Waals surface area (Å²) in [5.41, 5.74) is 0. The SMILES string of the molecule is O[C@@H]1[C@@H](N2CCCC2)[C@H](CNc2ncccn2)C[C@H]1Oc1ccccc1. The quantitative estimate of drug-likeness (QED) is 0.829. The Bertz CT molecular complexity index is 679. The Morgan fingerprint density at radius 1 is 1.08 bits per heavy atom. The molecule has 0 spiro atoms. The first-order valence-corrected chi connectivity index (χ1v) is 9.46. The van der Waals surface area contributed by atoms with E-state index in [-0.39, 0.29) is 12.1 Å². The maximum Gasteiger partial charge on any atom is 0.222 e. The van der Waals surface area contributed by atoms with Crippen molar-refractivity contribution >= 4 is 5.95 Å². The standard InChI is InChI=1S/C20H26N4O2/c25-19-17(26-16-7-2-1-3-8-16)13-15(18(19)24-11-4-5-12-24)14-23-20-21-9-6-10-22-20/h1-3,6-10,15,17-19,25H,4-5,11-14H2,(H,21,22,23)/t15-,17+,18-,19-/m0/s1. The van der Waals surface area contributed by atoms with Crippen LogP contribution in [0.1, 0.15) is 19.3 Å². The number of hydrogen-bond donors (Lipinski definition) is 2. The summed E-state index contributed by atoms with van der Waals surface area (Å²) in [4.78, 5) is 10.9. The van der Waals surface area contributed by atoms with Crippen LogP contribution in [0.3, 0.4) is 0 Å². The molecule has 1 aliphatic heterocycles. The van der Waals surface area contributed by atoms with Crippen molar-refractivity contribution in [3.63, 3.8) is 0 Å². The molecule has 1 aromatic heterocycles.